The number of nitrogens with zero attached hydrogens (tertiary/aromatic N) is 1. The van der Waals surface area contributed by atoms with E-state index >= 15 is 0 Å². The van der Waals surface area contributed by atoms with E-state index in [0.29, 0.717) is 12.8 Å². The van der Waals surface area contributed by atoms with E-state index < -0.39 is 5.54 Å². The van der Waals surface area contributed by atoms with Crippen LogP contribution in [0.5, 0.6) is 0 Å². The molecule has 2 rings (SSSR count). The molecule has 1 fully saturated rings. The molecule has 0 spiro atoms. The van der Waals surface area contributed by atoms with Crippen molar-refractivity contribution in [2.75, 3.05) is 6.54 Å². The number of hydrogen-bond donors (Lipinski definition) is 1. The molecule has 0 bridgehead atoms. The fourth-order valence-corrected chi connectivity index (χ4v) is 3.60. The molecule has 1 aromatic rings. The van der Waals surface area contributed by atoms with Gasteiger partial charge in [-0.1, -0.05) is 19.9 Å². The van der Waals surface area contributed by atoms with Gasteiger partial charge >= 0.3 is 0 Å². The Morgan fingerprint density at radius 2 is 2.10 bits per heavy atom. The van der Waals surface area contributed by atoms with Gasteiger partial charge in [0.05, 0.1) is 6.54 Å². The van der Waals surface area contributed by atoms with Crippen molar-refractivity contribution in [2.24, 2.45) is 0 Å². The lowest BCUT2D eigenvalue weighted by Gasteiger charge is -2.43. The molecule has 2 amide bonds. The van der Waals surface area contributed by atoms with Crippen LogP contribution in [-0.4, -0.2) is 34.8 Å². The highest BCUT2D eigenvalue weighted by molar-refractivity contribution is 7.09. The summed E-state index contributed by atoms with van der Waals surface area (Å²) in [6.45, 7) is 6.10. The predicted molar refractivity (Wildman–Crippen MR) is 80.7 cm³/mol. The van der Waals surface area contributed by atoms with Gasteiger partial charge in [0.1, 0.15) is 5.54 Å². The molecule has 1 aliphatic heterocycles. The number of piperazine rings is 1. The molecule has 1 atom stereocenters. The Kier molecular flexibility index (Phi) is 4.48. The van der Waals surface area contributed by atoms with E-state index in [1.807, 2.05) is 32.2 Å². The minimum Gasteiger partial charge on any atom is -0.340 e. The first kappa shape index (κ1) is 15.0. The van der Waals surface area contributed by atoms with Crippen LogP contribution in [0.15, 0.2) is 17.5 Å². The second-order valence-corrected chi connectivity index (χ2v) is 6.44. The first-order valence-corrected chi connectivity index (χ1v) is 8.05. The summed E-state index contributed by atoms with van der Waals surface area (Å²) in [7, 11) is 0. The molecule has 4 nitrogen and oxygen atoms in total. The van der Waals surface area contributed by atoms with Crippen molar-refractivity contribution in [3.8, 4) is 0 Å². The van der Waals surface area contributed by atoms with Crippen LogP contribution in [0.1, 0.15) is 38.5 Å². The van der Waals surface area contributed by atoms with Crippen LogP contribution in [0.25, 0.3) is 0 Å². The molecule has 0 saturated carbocycles. The van der Waals surface area contributed by atoms with Crippen molar-refractivity contribution in [3.05, 3.63) is 22.4 Å². The highest BCUT2D eigenvalue weighted by atomic mass is 32.1. The van der Waals surface area contributed by atoms with Crippen molar-refractivity contribution in [2.45, 2.75) is 51.6 Å². The summed E-state index contributed by atoms with van der Waals surface area (Å²) in [6, 6.07) is 4.13. The number of carbonyl (C=O) groups is 2. The van der Waals surface area contributed by atoms with Crippen molar-refractivity contribution in [1.82, 2.24) is 10.2 Å². The van der Waals surface area contributed by atoms with Crippen LogP contribution in [-0.2, 0) is 16.0 Å². The van der Waals surface area contributed by atoms with Crippen molar-refractivity contribution >= 4 is 23.2 Å². The maximum atomic E-state index is 12.7. The number of hydrogen-bond acceptors (Lipinski definition) is 3. The zero-order valence-electron chi connectivity index (χ0n) is 12.3. The number of nitrogens with one attached hydrogen (secondary N) is 1. The van der Waals surface area contributed by atoms with Crippen LogP contribution in [0.2, 0.25) is 0 Å². The van der Waals surface area contributed by atoms with Gasteiger partial charge in [-0.05, 0) is 31.2 Å². The average Bonchev–Trinajstić information content (AvgIpc) is 2.93. The minimum absolute atomic E-state index is 0.0460. The molecule has 1 N–H and O–H groups in total. The van der Waals surface area contributed by atoms with E-state index in [1.54, 1.807) is 16.2 Å². The monoisotopic (exact) mass is 294 g/mol. The van der Waals surface area contributed by atoms with Crippen molar-refractivity contribution in [3.63, 3.8) is 0 Å². The topological polar surface area (TPSA) is 49.4 Å². The summed E-state index contributed by atoms with van der Waals surface area (Å²) in [6.07, 6.45) is 2.08. The predicted octanol–water partition coefficient (Wildman–Crippen LogP) is 2.20. The second-order valence-electron chi connectivity index (χ2n) is 5.40. The van der Waals surface area contributed by atoms with E-state index in [-0.39, 0.29) is 24.4 Å². The molecule has 1 saturated heterocycles. The molecule has 110 valence electrons. The van der Waals surface area contributed by atoms with Crippen LogP contribution in [0, 0.1) is 0 Å². The van der Waals surface area contributed by atoms with Gasteiger partial charge in [-0.3, -0.25) is 9.59 Å². The molecule has 1 unspecified atom stereocenters. The van der Waals surface area contributed by atoms with E-state index in [2.05, 4.69) is 11.4 Å². The fourth-order valence-electron chi connectivity index (χ4n) is 2.78. The zero-order chi connectivity index (χ0) is 14.8. The highest BCUT2D eigenvalue weighted by Crippen LogP contribution is 2.25. The SMILES string of the molecule is CCC1(CC)NC(=O)CN(C(C)Cc2cccs2)C1=O. The van der Waals surface area contributed by atoms with Gasteiger partial charge in [0, 0.05) is 17.3 Å². The lowest BCUT2D eigenvalue weighted by molar-refractivity contribution is -0.152. The van der Waals surface area contributed by atoms with Gasteiger partial charge in [-0.25, -0.2) is 0 Å². The molecule has 1 aliphatic rings. The van der Waals surface area contributed by atoms with Crippen LogP contribution in [0.4, 0.5) is 0 Å². The van der Waals surface area contributed by atoms with E-state index in [4.69, 9.17) is 0 Å². The fraction of sp³-hybridized carbons (Fsp3) is 0.600. The largest absolute Gasteiger partial charge is 0.340 e. The Balaban J connectivity index is 2.17. The Morgan fingerprint density at radius 1 is 1.40 bits per heavy atom. The summed E-state index contributed by atoms with van der Waals surface area (Å²) >= 11 is 1.69. The molecule has 0 aromatic carbocycles. The Labute approximate surface area is 124 Å². The first-order chi connectivity index (χ1) is 9.52. The van der Waals surface area contributed by atoms with Gasteiger partial charge in [0.15, 0.2) is 0 Å². The second kappa shape index (κ2) is 5.95. The summed E-state index contributed by atoms with van der Waals surface area (Å²) in [5.41, 5.74) is -0.709. The van der Waals surface area contributed by atoms with Crippen molar-refractivity contribution in [1.29, 1.82) is 0 Å². The van der Waals surface area contributed by atoms with Gasteiger partial charge in [0.25, 0.3) is 0 Å². The van der Waals surface area contributed by atoms with Gasteiger partial charge < -0.3 is 10.2 Å². The highest BCUT2D eigenvalue weighted by Gasteiger charge is 2.45. The van der Waals surface area contributed by atoms with Crippen LogP contribution in [0.3, 0.4) is 0 Å². The van der Waals surface area contributed by atoms with Crippen LogP contribution >= 0.6 is 11.3 Å². The number of rotatable bonds is 5. The molecule has 0 aliphatic carbocycles. The number of thiophene rings is 1. The molecular formula is C15H22N2O2S. The third-order valence-electron chi connectivity index (χ3n) is 4.18. The lowest BCUT2D eigenvalue weighted by atomic mass is 9.88. The molecular weight excluding hydrogens is 272 g/mol. The summed E-state index contributed by atoms with van der Waals surface area (Å²) in [5, 5.41) is 4.93. The van der Waals surface area contributed by atoms with Gasteiger partial charge in [0.2, 0.25) is 11.8 Å². The maximum Gasteiger partial charge on any atom is 0.249 e. The molecule has 0 radical (unpaired) electrons. The first-order valence-electron chi connectivity index (χ1n) is 7.17. The van der Waals surface area contributed by atoms with E-state index in [0.717, 1.165) is 6.42 Å². The van der Waals surface area contributed by atoms with Gasteiger partial charge in [-0.15, -0.1) is 11.3 Å². The number of carbonyl (C=O) groups excluding carboxylic acids is 2. The maximum absolute atomic E-state index is 12.7. The minimum atomic E-state index is -0.709. The quantitative estimate of drug-likeness (QED) is 0.905. The van der Waals surface area contributed by atoms with E-state index in [1.165, 1.54) is 4.88 Å². The molecule has 1 aromatic heterocycles. The summed E-state index contributed by atoms with van der Waals surface area (Å²) in [4.78, 5) is 27.7. The summed E-state index contributed by atoms with van der Waals surface area (Å²) < 4.78 is 0. The Morgan fingerprint density at radius 3 is 2.65 bits per heavy atom. The van der Waals surface area contributed by atoms with Crippen molar-refractivity contribution < 1.29 is 9.59 Å². The summed E-state index contributed by atoms with van der Waals surface area (Å²) in [5.74, 6) is 0.0116. The Bertz CT molecular complexity index is 480. The molecule has 2 heterocycles. The Hall–Kier alpha value is -1.36. The number of amides is 2. The smallest absolute Gasteiger partial charge is 0.249 e. The van der Waals surface area contributed by atoms with Gasteiger partial charge in [-0.2, -0.15) is 0 Å². The standard InChI is InChI=1S/C15H22N2O2S/c1-4-15(5-2)14(19)17(10-13(18)16-15)11(3)9-12-7-6-8-20-12/h6-8,11H,4-5,9-10H2,1-3H3,(H,16,18). The third kappa shape index (κ3) is 2.73. The molecule has 5 heteroatoms. The zero-order valence-corrected chi connectivity index (χ0v) is 13.1. The third-order valence-corrected chi connectivity index (χ3v) is 5.08. The normalized spacial score (nSPS) is 19.9. The molecule has 20 heavy (non-hydrogen) atoms. The van der Waals surface area contributed by atoms with E-state index in [9.17, 15) is 9.59 Å². The van der Waals surface area contributed by atoms with Crippen LogP contribution < -0.4 is 5.32 Å². The average molecular weight is 294 g/mol. The lowest BCUT2D eigenvalue weighted by Crippen LogP contribution is -2.67.